The summed E-state index contributed by atoms with van der Waals surface area (Å²) >= 11 is 0. The maximum absolute atomic E-state index is 11.6. The van der Waals surface area contributed by atoms with Crippen molar-refractivity contribution in [1.29, 1.82) is 0 Å². The molecular weight excluding hydrogens is 214 g/mol. The average molecular weight is 233 g/mol. The van der Waals surface area contributed by atoms with E-state index in [4.69, 9.17) is 5.73 Å². The van der Waals surface area contributed by atoms with E-state index >= 15 is 0 Å². The molecule has 2 rings (SSSR count). The van der Waals surface area contributed by atoms with Crippen LogP contribution in [0.3, 0.4) is 0 Å². The monoisotopic (exact) mass is 233 g/mol. The van der Waals surface area contributed by atoms with E-state index in [1.54, 1.807) is 12.1 Å². The highest BCUT2D eigenvalue weighted by molar-refractivity contribution is 5.89. The van der Waals surface area contributed by atoms with Gasteiger partial charge < -0.3 is 16.4 Å². The van der Waals surface area contributed by atoms with Crippen molar-refractivity contribution in [2.45, 2.75) is 19.8 Å². The zero-order chi connectivity index (χ0) is 12.3. The standard InChI is InChI=1S/C13H19N3O/c1-9(10-5-6-10)8-15-13(17)16-12-4-2-3-11(14)7-12/h2-4,7,9-10H,5-6,8,14H2,1H3,(H2,15,16,17). The maximum Gasteiger partial charge on any atom is 0.319 e. The van der Waals surface area contributed by atoms with Crippen LogP contribution in [0.4, 0.5) is 16.2 Å². The van der Waals surface area contributed by atoms with Crippen molar-refractivity contribution in [2.75, 3.05) is 17.6 Å². The number of hydrogen-bond donors (Lipinski definition) is 3. The molecule has 4 N–H and O–H groups in total. The van der Waals surface area contributed by atoms with E-state index < -0.39 is 0 Å². The Kier molecular flexibility index (Phi) is 3.52. The van der Waals surface area contributed by atoms with Gasteiger partial charge in [0.15, 0.2) is 0 Å². The van der Waals surface area contributed by atoms with Crippen LogP contribution >= 0.6 is 0 Å². The zero-order valence-electron chi connectivity index (χ0n) is 10.1. The third kappa shape index (κ3) is 3.66. The van der Waals surface area contributed by atoms with Crippen LogP contribution in [0.2, 0.25) is 0 Å². The molecule has 1 unspecified atom stereocenters. The van der Waals surface area contributed by atoms with Crippen LogP contribution in [0.1, 0.15) is 19.8 Å². The summed E-state index contributed by atoms with van der Waals surface area (Å²) in [6, 6.07) is 7.00. The van der Waals surface area contributed by atoms with Gasteiger partial charge in [-0.1, -0.05) is 13.0 Å². The van der Waals surface area contributed by atoms with Gasteiger partial charge in [-0.25, -0.2) is 4.79 Å². The number of carbonyl (C=O) groups is 1. The second-order valence-corrected chi connectivity index (χ2v) is 4.78. The van der Waals surface area contributed by atoms with Gasteiger partial charge in [0.2, 0.25) is 0 Å². The molecule has 0 spiro atoms. The summed E-state index contributed by atoms with van der Waals surface area (Å²) in [6.45, 7) is 2.91. The van der Waals surface area contributed by atoms with Crippen LogP contribution in [0, 0.1) is 11.8 Å². The first kappa shape index (κ1) is 11.8. The molecule has 17 heavy (non-hydrogen) atoms. The van der Waals surface area contributed by atoms with Crippen molar-refractivity contribution >= 4 is 17.4 Å². The van der Waals surface area contributed by atoms with Gasteiger partial charge >= 0.3 is 6.03 Å². The fourth-order valence-corrected chi connectivity index (χ4v) is 1.88. The molecular formula is C13H19N3O. The summed E-state index contributed by atoms with van der Waals surface area (Å²) in [7, 11) is 0. The van der Waals surface area contributed by atoms with E-state index in [1.165, 1.54) is 12.8 Å². The minimum absolute atomic E-state index is 0.164. The van der Waals surface area contributed by atoms with Gasteiger partial charge in [0.1, 0.15) is 0 Å². The topological polar surface area (TPSA) is 67.2 Å². The SMILES string of the molecule is CC(CNC(=O)Nc1cccc(N)c1)C1CC1. The average Bonchev–Trinajstić information content (AvgIpc) is 3.09. The largest absolute Gasteiger partial charge is 0.399 e. The summed E-state index contributed by atoms with van der Waals surface area (Å²) < 4.78 is 0. The molecule has 1 aliphatic rings. The lowest BCUT2D eigenvalue weighted by atomic mass is 10.1. The normalized spacial score (nSPS) is 16.3. The van der Waals surface area contributed by atoms with Gasteiger partial charge in [-0.3, -0.25) is 0 Å². The molecule has 1 atom stereocenters. The van der Waals surface area contributed by atoms with Gasteiger partial charge in [-0.15, -0.1) is 0 Å². The van der Waals surface area contributed by atoms with Crippen LogP contribution in [-0.2, 0) is 0 Å². The quantitative estimate of drug-likeness (QED) is 0.699. The number of nitrogens with one attached hydrogen (secondary N) is 2. The first-order valence-corrected chi connectivity index (χ1v) is 6.05. The Morgan fingerprint density at radius 3 is 2.94 bits per heavy atom. The van der Waals surface area contributed by atoms with Crippen molar-refractivity contribution in [3.63, 3.8) is 0 Å². The van der Waals surface area contributed by atoms with Crippen LogP contribution < -0.4 is 16.4 Å². The Morgan fingerprint density at radius 2 is 2.29 bits per heavy atom. The predicted octanol–water partition coefficient (Wildman–Crippen LogP) is 2.44. The number of rotatable bonds is 4. The molecule has 0 saturated heterocycles. The van der Waals surface area contributed by atoms with E-state index in [2.05, 4.69) is 17.6 Å². The van der Waals surface area contributed by atoms with Crippen LogP contribution in [0.25, 0.3) is 0 Å². The van der Waals surface area contributed by atoms with E-state index in [-0.39, 0.29) is 6.03 Å². The lowest BCUT2D eigenvalue weighted by Gasteiger charge is -2.12. The van der Waals surface area contributed by atoms with Gasteiger partial charge in [-0.05, 0) is 42.9 Å². The number of hydrogen-bond acceptors (Lipinski definition) is 2. The number of benzene rings is 1. The summed E-state index contributed by atoms with van der Waals surface area (Å²) in [5, 5.41) is 5.65. The first-order valence-electron chi connectivity index (χ1n) is 6.05. The van der Waals surface area contributed by atoms with Crippen LogP contribution in [0.5, 0.6) is 0 Å². The fraction of sp³-hybridized carbons (Fsp3) is 0.462. The third-order valence-electron chi connectivity index (χ3n) is 3.16. The first-order chi connectivity index (χ1) is 8.15. The number of nitrogen functional groups attached to an aromatic ring is 1. The molecule has 0 heterocycles. The van der Waals surface area contributed by atoms with Crippen molar-refractivity contribution in [1.82, 2.24) is 5.32 Å². The molecule has 0 aromatic heterocycles. The number of amides is 2. The van der Waals surface area contributed by atoms with Crippen LogP contribution in [0.15, 0.2) is 24.3 Å². The molecule has 1 saturated carbocycles. The number of nitrogens with two attached hydrogens (primary N) is 1. The lowest BCUT2D eigenvalue weighted by molar-refractivity contribution is 0.250. The van der Waals surface area contributed by atoms with Crippen molar-refractivity contribution in [2.24, 2.45) is 11.8 Å². The van der Waals surface area contributed by atoms with Gasteiger partial charge in [0.05, 0.1) is 0 Å². The van der Waals surface area contributed by atoms with Crippen molar-refractivity contribution in [3.8, 4) is 0 Å². The third-order valence-corrected chi connectivity index (χ3v) is 3.16. The number of carbonyl (C=O) groups excluding carboxylic acids is 1. The number of urea groups is 1. The molecule has 1 fully saturated rings. The Bertz CT molecular complexity index is 401. The molecule has 1 aromatic carbocycles. The highest BCUT2D eigenvalue weighted by Crippen LogP contribution is 2.36. The fourth-order valence-electron chi connectivity index (χ4n) is 1.88. The number of anilines is 2. The zero-order valence-corrected chi connectivity index (χ0v) is 10.1. The highest BCUT2D eigenvalue weighted by atomic mass is 16.2. The molecule has 2 amide bonds. The van der Waals surface area contributed by atoms with E-state index in [1.807, 2.05) is 12.1 Å². The van der Waals surface area contributed by atoms with Crippen molar-refractivity contribution in [3.05, 3.63) is 24.3 Å². The molecule has 1 aromatic rings. The second kappa shape index (κ2) is 5.08. The Labute approximate surface area is 102 Å². The second-order valence-electron chi connectivity index (χ2n) is 4.78. The smallest absolute Gasteiger partial charge is 0.319 e. The van der Waals surface area contributed by atoms with Gasteiger partial charge in [-0.2, -0.15) is 0 Å². The van der Waals surface area contributed by atoms with Crippen LogP contribution in [-0.4, -0.2) is 12.6 Å². The summed E-state index contributed by atoms with van der Waals surface area (Å²) in [5.74, 6) is 1.38. The maximum atomic E-state index is 11.6. The molecule has 4 nitrogen and oxygen atoms in total. The Morgan fingerprint density at radius 1 is 1.53 bits per heavy atom. The summed E-state index contributed by atoms with van der Waals surface area (Å²) in [5.41, 5.74) is 7.00. The molecule has 92 valence electrons. The lowest BCUT2D eigenvalue weighted by Crippen LogP contribution is -2.32. The minimum atomic E-state index is -0.164. The highest BCUT2D eigenvalue weighted by Gasteiger charge is 2.27. The van der Waals surface area contributed by atoms with Gasteiger partial charge in [0, 0.05) is 17.9 Å². The summed E-state index contributed by atoms with van der Waals surface area (Å²) in [4.78, 5) is 11.6. The Balaban J connectivity index is 1.76. The summed E-state index contributed by atoms with van der Waals surface area (Å²) in [6.07, 6.45) is 2.61. The molecule has 1 aliphatic carbocycles. The molecule has 0 aliphatic heterocycles. The van der Waals surface area contributed by atoms with Gasteiger partial charge in [0.25, 0.3) is 0 Å². The molecule has 0 radical (unpaired) electrons. The predicted molar refractivity (Wildman–Crippen MR) is 69.8 cm³/mol. The van der Waals surface area contributed by atoms with Crippen molar-refractivity contribution < 1.29 is 4.79 Å². The molecule has 4 heteroatoms. The molecule has 0 bridgehead atoms. The van der Waals surface area contributed by atoms with E-state index in [0.717, 1.165) is 18.2 Å². The minimum Gasteiger partial charge on any atom is -0.399 e. The van der Waals surface area contributed by atoms with E-state index in [9.17, 15) is 4.79 Å². The van der Waals surface area contributed by atoms with E-state index in [0.29, 0.717) is 11.6 Å². The Hall–Kier alpha value is -1.71.